The number of para-hydroxylation sites is 1. The minimum Gasteiger partial charge on any atom is -0.283 e. The molecule has 0 spiro atoms. The number of aliphatic imine (C=N–C) groups is 1. The molecule has 6 rings (SSSR count). The van der Waals surface area contributed by atoms with Crippen molar-refractivity contribution in [3.8, 4) is 5.69 Å². The van der Waals surface area contributed by atoms with Gasteiger partial charge in [0.1, 0.15) is 0 Å². The third-order valence-corrected chi connectivity index (χ3v) is 6.93. The van der Waals surface area contributed by atoms with Crippen LogP contribution < -0.4 is 5.56 Å². The van der Waals surface area contributed by atoms with E-state index in [0.717, 1.165) is 5.56 Å². The van der Waals surface area contributed by atoms with E-state index in [1.54, 1.807) is 59.3 Å². The maximum atomic E-state index is 14.9. The van der Waals surface area contributed by atoms with Crippen molar-refractivity contribution in [3.05, 3.63) is 148 Å². The molecular weight excluding hydrogens is 473 g/mol. The molecule has 182 valence electrons. The van der Waals surface area contributed by atoms with Crippen LogP contribution in [0, 0.1) is 0 Å². The maximum Gasteiger partial charge on any atom is 0.422 e. The number of aromatic nitrogens is 1. The lowest BCUT2D eigenvalue weighted by molar-refractivity contribution is -0.175. The molecule has 0 radical (unpaired) electrons. The minimum atomic E-state index is -4.66. The van der Waals surface area contributed by atoms with Crippen molar-refractivity contribution in [2.45, 2.75) is 18.1 Å². The molecule has 5 aromatic rings. The Hall–Kier alpha value is -4.45. The number of benzene rings is 4. The first-order chi connectivity index (χ1) is 17.9. The number of alkyl halides is 3. The molecular formula is C31H21F3N2O. The van der Waals surface area contributed by atoms with Crippen LogP contribution in [0.4, 0.5) is 13.2 Å². The smallest absolute Gasteiger partial charge is 0.283 e. The molecule has 3 nitrogen and oxygen atoms in total. The number of nitrogens with zero attached hydrogens (tertiary/aromatic N) is 2. The quantitative estimate of drug-likeness (QED) is 0.269. The molecule has 1 aromatic heterocycles. The summed E-state index contributed by atoms with van der Waals surface area (Å²) in [6.45, 7) is 0. The van der Waals surface area contributed by atoms with Crippen LogP contribution >= 0.6 is 0 Å². The van der Waals surface area contributed by atoms with Crippen molar-refractivity contribution in [1.29, 1.82) is 0 Å². The van der Waals surface area contributed by atoms with Crippen LogP contribution in [0.15, 0.2) is 125 Å². The molecule has 1 aliphatic heterocycles. The molecule has 0 N–H and O–H groups in total. The number of rotatable bonds is 4. The van der Waals surface area contributed by atoms with Gasteiger partial charge in [0.25, 0.3) is 5.56 Å². The summed E-state index contributed by atoms with van der Waals surface area (Å²) in [6.07, 6.45) is -2.80. The standard InChI is InChI=1S/C31H21F3N2O/c32-31(33,34)30(22-11-3-1-4-12-22)27-18-10-9-17-26(27)28(35-30)19-21-20-36(23-13-5-2-6-14-23)29(37)25-16-8-7-15-24(21)25/h1-18,20H,19H2/t30-/m0/s1. The summed E-state index contributed by atoms with van der Waals surface area (Å²) in [5, 5.41) is 1.20. The van der Waals surface area contributed by atoms with Crippen molar-refractivity contribution < 1.29 is 13.2 Å². The van der Waals surface area contributed by atoms with Gasteiger partial charge in [0, 0.05) is 40.5 Å². The summed E-state index contributed by atoms with van der Waals surface area (Å²) in [5.74, 6) is 0. The van der Waals surface area contributed by atoms with Gasteiger partial charge in [-0.3, -0.25) is 14.4 Å². The van der Waals surface area contributed by atoms with E-state index in [2.05, 4.69) is 4.99 Å². The van der Waals surface area contributed by atoms with Crippen LogP contribution in [0.25, 0.3) is 16.5 Å². The highest BCUT2D eigenvalue weighted by molar-refractivity contribution is 6.08. The highest BCUT2D eigenvalue weighted by Crippen LogP contribution is 2.52. The van der Waals surface area contributed by atoms with Crippen LogP contribution in [0.3, 0.4) is 0 Å². The van der Waals surface area contributed by atoms with Gasteiger partial charge in [-0.2, -0.15) is 13.2 Å². The normalized spacial score (nSPS) is 17.0. The van der Waals surface area contributed by atoms with Crippen molar-refractivity contribution >= 4 is 16.5 Å². The Bertz CT molecular complexity index is 1710. The first-order valence-corrected chi connectivity index (χ1v) is 11.9. The fraction of sp³-hybridized carbons (Fsp3) is 0.0968. The Balaban J connectivity index is 1.59. The predicted octanol–water partition coefficient (Wildman–Crippen LogP) is 6.84. The summed E-state index contributed by atoms with van der Waals surface area (Å²) >= 11 is 0. The zero-order valence-corrected chi connectivity index (χ0v) is 19.6. The second-order valence-electron chi connectivity index (χ2n) is 9.07. The largest absolute Gasteiger partial charge is 0.422 e. The van der Waals surface area contributed by atoms with Gasteiger partial charge in [0.05, 0.1) is 0 Å². The van der Waals surface area contributed by atoms with Crippen molar-refractivity contribution in [1.82, 2.24) is 4.57 Å². The van der Waals surface area contributed by atoms with Gasteiger partial charge < -0.3 is 0 Å². The summed E-state index contributed by atoms with van der Waals surface area (Å²) in [7, 11) is 0. The van der Waals surface area contributed by atoms with Gasteiger partial charge in [0.15, 0.2) is 0 Å². The Morgan fingerprint density at radius 2 is 1.32 bits per heavy atom. The number of halogens is 3. The molecule has 0 saturated carbocycles. The molecule has 37 heavy (non-hydrogen) atoms. The first-order valence-electron chi connectivity index (χ1n) is 11.9. The zero-order valence-electron chi connectivity index (χ0n) is 19.6. The SMILES string of the molecule is O=c1c2ccccc2c(CC2=N[C@](c3ccccc3)(C(F)(F)F)c3ccccc32)cn1-c1ccccc1. The fourth-order valence-corrected chi connectivity index (χ4v) is 5.25. The van der Waals surface area contributed by atoms with Gasteiger partial charge in [-0.05, 0) is 34.7 Å². The van der Waals surface area contributed by atoms with Crippen LogP contribution in [-0.2, 0) is 12.0 Å². The van der Waals surface area contributed by atoms with Gasteiger partial charge >= 0.3 is 6.18 Å². The lowest BCUT2D eigenvalue weighted by Crippen LogP contribution is -2.40. The average molecular weight is 495 g/mol. The molecule has 2 heterocycles. The molecule has 4 aromatic carbocycles. The molecule has 0 aliphatic carbocycles. The lowest BCUT2D eigenvalue weighted by atomic mass is 9.82. The highest BCUT2D eigenvalue weighted by atomic mass is 19.4. The molecule has 0 saturated heterocycles. The van der Waals surface area contributed by atoms with E-state index in [1.165, 1.54) is 18.2 Å². The fourth-order valence-electron chi connectivity index (χ4n) is 5.25. The number of hydrogen-bond donors (Lipinski definition) is 0. The van der Waals surface area contributed by atoms with E-state index in [0.29, 0.717) is 27.7 Å². The number of pyridine rings is 1. The average Bonchev–Trinajstić information content (AvgIpc) is 3.27. The van der Waals surface area contributed by atoms with Gasteiger partial charge in [-0.1, -0.05) is 91.0 Å². The van der Waals surface area contributed by atoms with Crippen LogP contribution in [0.5, 0.6) is 0 Å². The second kappa shape index (κ2) is 8.59. The number of hydrogen-bond acceptors (Lipinski definition) is 2. The monoisotopic (exact) mass is 494 g/mol. The van der Waals surface area contributed by atoms with E-state index < -0.39 is 11.7 Å². The van der Waals surface area contributed by atoms with Crippen LogP contribution in [0.2, 0.25) is 0 Å². The van der Waals surface area contributed by atoms with Crippen LogP contribution in [0.1, 0.15) is 22.3 Å². The van der Waals surface area contributed by atoms with Crippen molar-refractivity contribution in [3.63, 3.8) is 0 Å². The highest BCUT2D eigenvalue weighted by Gasteiger charge is 2.60. The topological polar surface area (TPSA) is 34.4 Å². The molecule has 0 fully saturated rings. The molecule has 0 bridgehead atoms. The second-order valence-corrected chi connectivity index (χ2v) is 9.07. The maximum absolute atomic E-state index is 14.9. The van der Waals surface area contributed by atoms with Gasteiger partial charge in [-0.15, -0.1) is 0 Å². The van der Waals surface area contributed by atoms with E-state index >= 15 is 0 Å². The van der Waals surface area contributed by atoms with Crippen molar-refractivity contribution in [2.24, 2.45) is 4.99 Å². The summed E-state index contributed by atoms with van der Waals surface area (Å²) in [6, 6.07) is 30.8. The third-order valence-electron chi connectivity index (χ3n) is 6.93. The molecule has 0 amide bonds. The lowest BCUT2D eigenvalue weighted by Gasteiger charge is -2.30. The molecule has 6 heteroatoms. The third kappa shape index (κ3) is 3.59. The molecule has 0 unspecified atom stereocenters. The van der Waals surface area contributed by atoms with Crippen LogP contribution in [-0.4, -0.2) is 16.5 Å². The van der Waals surface area contributed by atoms with Gasteiger partial charge in [0.2, 0.25) is 5.54 Å². The van der Waals surface area contributed by atoms with E-state index in [1.807, 2.05) is 42.5 Å². The number of fused-ring (bicyclic) bond motifs is 2. The van der Waals surface area contributed by atoms with Crippen molar-refractivity contribution in [2.75, 3.05) is 0 Å². The minimum absolute atomic E-state index is 0.0732. The summed E-state index contributed by atoms with van der Waals surface area (Å²) in [5.41, 5.74) is -0.294. The Labute approximate surface area is 211 Å². The van der Waals surface area contributed by atoms with Gasteiger partial charge in [-0.25, -0.2) is 0 Å². The summed E-state index contributed by atoms with van der Waals surface area (Å²) < 4.78 is 46.3. The Morgan fingerprint density at radius 3 is 2.03 bits per heavy atom. The zero-order chi connectivity index (χ0) is 25.6. The Morgan fingerprint density at radius 1 is 0.730 bits per heavy atom. The van der Waals surface area contributed by atoms with E-state index in [4.69, 9.17) is 0 Å². The Kier molecular flexibility index (Phi) is 5.33. The van der Waals surface area contributed by atoms with E-state index in [-0.39, 0.29) is 23.1 Å². The summed E-state index contributed by atoms with van der Waals surface area (Å²) in [4.78, 5) is 17.8. The molecule has 1 aliphatic rings. The first kappa shape index (κ1) is 23.0. The predicted molar refractivity (Wildman–Crippen MR) is 140 cm³/mol. The van der Waals surface area contributed by atoms with E-state index in [9.17, 15) is 18.0 Å². The molecule has 1 atom stereocenters.